The standard InChI is InChI=1S/C6H9NO.C2H6/c1-2-3-6-4-8-5-7-6;1-2/h4-5H,2-3H2,1H3;1-2H3. The van der Waals surface area contributed by atoms with E-state index >= 15 is 0 Å². The van der Waals surface area contributed by atoms with Gasteiger partial charge < -0.3 is 4.42 Å². The van der Waals surface area contributed by atoms with Crippen LogP contribution in [-0.2, 0) is 6.42 Å². The minimum Gasteiger partial charge on any atom is -0.451 e. The van der Waals surface area contributed by atoms with E-state index in [4.69, 9.17) is 4.42 Å². The van der Waals surface area contributed by atoms with E-state index in [9.17, 15) is 0 Å². The summed E-state index contributed by atoms with van der Waals surface area (Å²) in [7, 11) is 0. The molecule has 0 fully saturated rings. The summed E-state index contributed by atoms with van der Waals surface area (Å²) in [6, 6.07) is 0. The van der Waals surface area contributed by atoms with Crippen molar-refractivity contribution in [3.63, 3.8) is 0 Å². The van der Waals surface area contributed by atoms with Crippen molar-refractivity contribution in [2.24, 2.45) is 0 Å². The maximum Gasteiger partial charge on any atom is 0.180 e. The molecule has 0 unspecified atom stereocenters. The Hall–Kier alpha value is -0.790. The minimum atomic E-state index is 1.02. The molecule has 0 aromatic carbocycles. The molecule has 0 saturated heterocycles. The number of nitrogens with zero attached hydrogens (tertiary/aromatic N) is 1. The summed E-state index contributed by atoms with van der Waals surface area (Å²) in [5, 5.41) is 0. The Labute approximate surface area is 62.3 Å². The maximum atomic E-state index is 4.76. The number of hydrogen-bond acceptors (Lipinski definition) is 2. The van der Waals surface area contributed by atoms with Gasteiger partial charge in [-0.25, -0.2) is 4.98 Å². The SMILES string of the molecule is CC.CCCc1cocn1. The van der Waals surface area contributed by atoms with Gasteiger partial charge in [-0.05, 0) is 6.42 Å². The molecule has 1 heterocycles. The molecule has 0 saturated carbocycles. The van der Waals surface area contributed by atoms with Crippen molar-refractivity contribution in [2.75, 3.05) is 0 Å². The van der Waals surface area contributed by atoms with E-state index in [0.29, 0.717) is 0 Å². The van der Waals surface area contributed by atoms with E-state index in [2.05, 4.69) is 11.9 Å². The molecule has 1 rings (SSSR count). The van der Waals surface area contributed by atoms with Crippen molar-refractivity contribution in [2.45, 2.75) is 33.6 Å². The molecule has 2 nitrogen and oxygen atoms in total. The van der Waals surface area contributed by atoms with E-state index in [-0.39, 0.29) is 0 Å². The molecule has 0 N–H and O–H groups in total. The van der Waals surface area contributed by atoms with Crippen LogP contribution in [0.4, 0.5) is 0 Å². The minimum absolute atomic E-state index is 1.02. The normalized spacial score (nSPS) is 8.30. The molecular weight excluding hydrogens is 126 g/mol. The van der Waals surface area contributed by atoms with Gasteiger partial charge in [-0.1, -0.05) is 27.2 Å². The summed E-state index contributed by atoms with van der Waals surface area (Å²) in [6.45, 7) is 6.12. The van der Waals surface area contributed by atoms with Crippen LogP contribution >= 0.6 is 0 Å². The first-order valence-corrected chi connectivity index (χ1v) is 3.80. The van der Waals surface area contributed by atoms with Gasteiger partial charge in [-0.15, -0.1) is 0 Å². The van der Waals surface area contributed by atoms with Crippen LogP contribution in [0.5, 0.6) is 0 Å². The lowest BCUT2D eigenvalue weighted by Crippen LogP contribution is -1.78. The number of aromatic nitrogens is 1. The predicted molar refractivity (Wildman–Crippen MR) is 41.8 cm³/mol. The van der Waals surface area contributed by atoms with Crippen LogP contribution in [0.15, 0.2) is 17.1 Å². The van der Waals surface area contributed by atoms with E-state index in [0.717, 1.165) is 18.5 Å². The molecule has 0 radical (unpaired) electrons. The zero-order chi connectivity index (χ0) is 7.82. The van der Waals surface area contributed by atoms with Gasteiger partial charge in [0.1, 0.15) is 6.26 Å². The molecule has 1 aromatic rings. The molecule has 58 valence electrons. The summed E-state index contributed by atoms with van der Waals surface area (Å²) in [4.78, 5) is 3.94. The molecule has 0 atom stereocenters. The Morgan fingerprint density at radius 3 is 2.60 bits per heavy atom. The van der Waals surface area contributed by atoms with Crippen LogP contribution in [0.3, 0.4) is 0 Å². The molecule has 0 aliphatic rings. The van der Waals surface area contributed by atoms with Gasteiger partial charge in [0.15, 0.2) is 6.39 Å². The molecule has 0 amide bonds. The fourth-order valence-corrected chi connectivity index (χ4v) is 0.617. The van der Waals surface area contributed by atoms with Crippen molar-refractivity contribution in [1.82, 2.24) is 4.98 Å². The Balaban J connectivity index is 0.000000371. The summed E-state index contributed by atoms with van der Waals surface area (Å²) >= 11 is 0. The average molecular weight is 141 g/mol. The van der Waals surface area contributed by atoms with E-state index in [1.54, 1.807) is 6.26 Å². The molecule has 0 aliphatic heterocycles. The number of aryl methyl sites for hydroxylation is 1. The second kappa shape index (κ2) is 6.33. The van der Waals surface area contributed by atoms with Gasteiger partial charge in [-0.2, -0.15) is 0 Å². The van der Waals surface area contributed by atoms with Crippen LogP contribution < -0.4 is 0 Å². The first-order chi connectivity index (χ1) is 4.93. The average Bonchev–Trinajstić information content (AvgIpc) is 2.46. The van der Waals surface area contributed by atoms with Crippen molar-refractivity contribution in [3.8, 4) is 0 Å². The molecule has 10 heavy (non-hydrogen) atoms. The Bertz CT molecular complexity index is 135. The summed E-state index contributed by atoms with van der Waals surface area (Å²) in [6.07, 6.45) is 5.30. The maximum absolute atomic E-state index is 4.76. The summed E-state index contributed by atoms with van der Waals surface area (Å²) in [5.74, 6) is 0. The third kappa shape index (κ3) is 3.28. The number of rotatable bonds is 2. The molecule has 0 bridgehead atoms. The van der Waals surface area contributed by atoms with Gasteiger partial charge in [0.05, 0.1) is 5.69 Å². The zero-order valence-electron chi connectivity index (χ0n) is 6.92. The lowest BCUT2D eigenvalue weighted by Gasteiger charge is -1.83. The second-order valence-corrected chi connectivity index (χ2v) is 1.73. The quantitative estimate of drug-likeness (QED) is 0.632. The van der Waals surface area contributed by atoms with Crippen LogP contribution in [0, 0.1) is 0 Å². The highest BCUT2D eigenvalue weighted by Gasteiger charge is 1.89. The molecule has 1 aromatic heterocycles. The second-order valence-electron chi connectivity index (χ2n) is 1.73. The largest absolute Gasteiger partial charge is 0.451 e. The van der Waals surface area contributed by atoms with Crippen molar-refractivity contribution < 1.29 is 4.42 Å². The van der Waals surface area contributed by atoms with Gasteiger partial charge in [0.25, 0.3) is 0 Å². The van der Waals surface area contributed by atoms with E-state index in [1.165, 1.54) is 6.39 Å². The monoisotopic (exact) mass is 141 g/mol. The van der Waals surface area contributed by atoms with Crippen molar-refractivity contribution in [3.05, 3.63) is 18.4 Å². The highest BCUT2D eigenvalue weighted by atomic mass is 16.3. The Morgan fingerprint density at radius 2 is 2.20 bits per heavy atom. The topological polar surface area (TPSA) is 26.0 Å². The molecule has 2 heteroatoms. The van der Waals surface area contributed by atoms with E-state index < -0.39 is 0 Å². The third-order valence-electron chi connectivity index (χ3n) is 0.990. The van der Waals surface area contributed by atoms with Crippen LogP contribution in [-0.4, -0.2) is 4.98 Å². The molecule has 0 spiro atoms. The Morgan fingerprint density at radius 1 is 1.50 bits per heavy atom. The lowest BCUT2D eigenvalue weighted by atomic mass is 10.3. The first-order valence-electron chi connectivity index (χ1n) is 3.80. The lowest BCUT2D eigenvalue weighted by molar-refractivity contribution is 0.556. The fraction of sp³-hybridized carbons (Fsp3) is 0.625. The highest BCUT2D eigenvalue weighted by Crippen LogP contribution is 1.96. The first kappa shape index (κ1) is 9.21. The van der Waals surface area contributed by atoms with Crippen LogP contribution in [0.25, 0.3) is 0 Å². The van der Waals surface area contributed by atoms with Gasteiger partial charge in [0, 0.05) is 0 Å². The van der Waals surface area contributed by atoms with Gasteiger partial charge >= 0.3 is 0 Å². The van der Waals surface area contributed by atoms with Gasteiger partial charge in [0.2, 0.25) is 0 Å². The van der Waals surface area contributed by atoms with Crippen molar-refractivity contribution >= 4 is 0 Å². The van der Waals surface area contributed by atoms with Crippen molar-refractivity contribution in [1.29, 1.82) is 0 Å². The van der Waals surface area contributed by atoms with Gasteiger partial charge in [-0.3, -0.25) is 0 Å². The number of hydrogen-bond donors (Lipinski definition) is 0. The van der Waals surface area contributed by atoms with Crippen LogP contribution in [0.1, 0.15) is 32.9 Å². The van der Waals surface area contributed by atoms with Crippen LogP contribution in [0.2, 0.25) is 0 Å². The predicted octanol–water partition coefficient (Wildman–Crippen LogP) is 2.65. The molecule has 0 aliphatic carbocycles. The Kier molecular flexibility index (Phi) is 5.83. The zero-order valence-corrected chi connectivity index (χ0v) is 6.92. The van der Waals surface area contributed by atoms with E-state index in [1.807, 2.05) is 13.8 Å². The third-order valence-corrected chi connectivity index (χ3v) is 0.990. The highest BCUT2D eigenvalue weighted by molar-refractivity contribution is 4.89. The summed E-state index contributed by atoms with van der Waals surface area (Å²) < 4.78 is 4.76. The fourth-order valence-electron chi connectivity index (χ4n) is 0.617. The smallest absolute Gasteiger partial charge is 0.180 e. The molecular formula is C8H15NO. The summed E-state index contributed by atoms with van der Waals surface area (Å²) in [5.41, 5.74) is 1.05. The number of oxazole rings is 1.